The highest BCUT2D eigenvalue weighted by Gasteiger charge is 2.22. The molecule has 1 amide bonds. The van der Waals surface area contributed by atoms with Crippen molar-refractivity contribution in [2.45, 2.75) is 25.3 Å². The first-order chi connectivity index (χ1) is 11.7. The maximum Gasteiger partial charge on any atom is 0.258 e. The van der Waals surface area contributed by atoms with Crippen molar-refractivity contribution < 1.29 is 14.3 Å². The second-order valence-corrected chi connectivity index (χ2v) is 5.71. The third-order valence-electron chi connectivity index (χ3n) is 4.09. The molecule has 6 nitrogen and oxygen atoms in total. The van der Waals surface area contributed by atoms with Crippen LogP contribution in [0.15, 0.2) is 41.2 Å². The number of H-pyrrole nitrogens is 1. The normalized spacial score (nSPS) is 16.1. The number of aromatic nitrogens is 1. The van der Waals surface area contributed by atoms with Crippen LogP contribution in [0.25, 0.3) is 0 Å². The summed E-state index contributed by atoms with van der Waals surface area (Å²) in [5.41, 5.74) is 1.77. The van der Waals surface area contributed by atoms with Gasteiger partial charge in [-0.25, -0.2) is 0 Å². The highest BCUT2D eigenvalue weighted by Crippen LogP contribution is 2.28. The number of rotatable bonds is 5. The highest BCUT2D eigenvalue weighted by atomic mass is 16.5. The number of hydrogen-bond acceptors (Lipinski definition) is 4. The van der Waals surface area contributed by atoms with E-state index in [0.29, 0.717) is 11.5 Å². The Morgan fingerprint density at radius 2 is 2.04 bits per heavy atom. The van der Waals surface area contributed by atoms with Gasteiger partial charge >= 0.3 is 0 Å². The number of hydrogen-bond donors (Lipinski definition) is 2. The van der Waals surface area contributed by atoms with Crippen LogP contribution in [0.2, 0.25) is 0 Å². The molecule has 0 unspecified atom stereocenters. The Morgan fingerprint density at radius 3 is 2.83 bits per heavy atom. The number of ether oxygens (including phenoxy) is 2. The fourth-order valence-electron chi connectivity index (χ4n) is 2.97. The highest BCUT2D eigenvalue weighted by molar-refractivity contribution is 5.78. The van der Waals surface area contributed by atoms with Gasteiger partial charge in [0, 0.05) is 11.8 Å². The van der Waals surface area contributed by atoms with Gasteiger partial charge in [0.2, 0.25) is 5.56 Å². The standard InChI is InChI=1S/C18H20N2O4/c1-23-15-7-2-3-8-16(15)24-11-18(22)20-14-6-4-5-13-12(14)9-10-17(21)19-13/h2-3,7-10,14H,4-6,11H2,1H3,(H,19,21)(H,20,22)/t14-/m1/s1. The van der Waals surface area contributed by atoms with Gasteiger partial charge in [-0.2, -0.15) is 0 Å². The summed E-state index contributed by atoms with van der Waals surface area (Å²) in [6.07, 6.45) is 2.60. The number of pyridine rings is 1. The summed E-state index contributed by atoms with van der Waals surface area (Å²) in [4.78, 5) is 26.5. The van der Waals surface area contributed by atoms with E-state index in [1.807, 2.05) is 12.1 Å². The summed E-state index contributed by atoms with van der Waals surface area (Å²) < 4.78 is 10.7. The van der Waals surface area contributed by atoms with E-state index < -0.39 is 0 Å². The van der Waals surface area contributed by atoms with E-state index in [2.05, 4.69) is 10.3 Å². The number of nitrogens with one attached hydrogen (secondary N) is 2. The maximum absolute atomic E-state index is 12.2. The van der Waals surface area contributed by atoms with Crippen LogP contribution in [0.5, 0.6) is 11.5 Å². The lowest BCUT2D eigenvalue weighted by Gasteiger charge is -2.25. The lowest BCUT2D eigenvalue weighted by Crippen LogP contribution is -2.35. The molecule has 1 aromatic carbocycles. The molecule has 126 valence electrons. The van der Waals surface area contributed by atoms with Gasteiger partial charge in [0.1, 0.15) is 0 Å². The number of carbonyl (C=O) groups excluding carboxylic acids is 1. The number of methoxy groups -OCH3 is 1. The quantitative estimate of drug-likeness (QED) is 0.879. The topological polar surface area (TPSA) is 80.4 Å². The van der Waals surface area contributed by atoms with Crippen LogP contribution in [-0.4, -0.2) is 24.6 Å². The molecule has 0 bridgehead atoms. The van der Waals surface area contributed by atoms with Crippen molar-refractivity contribution in [3.63, 3.8) is 0 Å². The Balaban J connectivity index is 1.63. The van der Waals surface area contributed by atoms with Crippen molar-refractivity contribution in [1.82, 2.24) is 10.3 Å². The third kappa shape index (κ3) is 3.59. The minimum atomic E-state index is -0.204. The van der Waals surface area contributed by atoms with E-state index in [-0.39, 0.29) is 24.1 Å². The molecule has 6 heteroatoms. The first kappa shape index (κ1) is 16.1. The fourth-order valence-corrected chi connectivity index (χ4v) is 2.97. The van der Waals surface area contributed by atoms with Crippen molar-refractivity contribution in [1.29, 1.82) is 0 Å². The molecule has 1 aliphatic carbocycles. The Labute approximate surface area is 139 Å². The van der Waals surface area contributed by atoms with Crippen LogP contribution in [-0.2, 0) is 11.2 Å². The molecule has 2 aromatic rings. The van der Waals surface area contributed by atoms with Crippen LogP contribution in [0.4, 0.5) is 0 Å². The van der Waals surface area contributed by atoms with Crippen LogP contribution in [0, 0.1) is 0 Å². The number of fused-ring (bicyclic) bond motifs is 1. The van der Waals surface area contributed by atoms with Gasteiger partial charge in [0.05, 0.1) is 13.2 Å². The first-order valence-electron chi connectivity index (χ1n) is 7.94. The summed E-state index contributed by atoms with van der Waals surface area (Å²) in [6.45, 7) is -0.0877. The van der Waals surface area contributed by atoms with Crippen molar-refractivity contribution >= 4 is 5.91 Å². The molecule has 0 aliphatic heterocycles. The molecule has 0 spiro atoms. The molecule has 1 aromatic heterocycles. The Hall–Kier alpha value is -2.76. The van der Waals surface area contributed by atoms with Crippen LogP contribution >= 0.6 is 0 Å². The van der Waals surface area contributed by atoms with Gasteiger partial charge in [-0.15, -0.1) is 0 Å². The Kier molecular flexibility index (Phi) is 4.84. The molecule has 1 atom stereocenters. The number of para-hydroxylation sites is 2. The lowest BCUT2D eigenvalue weighted by molar-refractivity contribution is -0.124. The van der Waals surface area contributed by atoms with Crippen molar-refractivity contribution in [3.8, 4) is 11.5 Å². The number of carbonyl (C=O) groups is 1. The Morgan fingerprint density at radius 1 is 1.25 bits per heavy atom. The fraction of sp³-hybridized carbons (Fsp3) is 0.333. The molecule has 0 fully saturated rings. The summed E-state index contributed by atoms with van der Waals surface area (Å²) >= 11 is 0. The summed E-state index contributed by atoms with van der Waals surface area (Å²) in [5.74, 6) is 0.916. The second-order valence-electron chi connectivity index (χ2n) is 5.71. The number of benzene rings is 1. The predicted octanol–water partition coefficient (Wildman–Crippen LogP) is 1.96. The van der Waals surface area contributed by atoms with E-state index in [1.165, 1.54) is 6.07 Å². The monoisotopic (exact) mass is 328 g/mol. The minimum absolute atomic E-state index is 0.0877. The van der Waals surface area contributed by atoms with Crippen molar-refractivity contribution in [2.24, 2.45) is 0 Å². The van der Waals surface area contributed by atoms with E-state index >= 15 is 0 Å². The van der Waals surface area contributed by atoms with E-state index in [9.17, 15) is 9.59 Å². The molecule has 1 aliphatic rings. The average Bonchev–Trinajstić information content (AvgIpc) is 2.60. The first-order valence-corrected chi connectivity index (χ1v) is 7.94. The predicted molar refractivity (Wildman–Crippen MR) is 89.4 cm³/mol. The molecule has 0 saturated carbocycles. The zero-order valence-corrected chi connectivity index (χ0v) is 13.5. The van der Waals surface area contributed by atoms with E-state index in [0.717, 1.165) is 30.5 Å². The Bertz CT molecular complexity index is 785. The molecule has 24 heavy (non-hydrogen) atoms. The molecule has 2 N–H and O–H groups in total. The molecule has 0 radical (unpaired) electrons. The van der Waals surface area contributed by atoms with Crippen LogP contribution in [0.1, 0.15) is 30.1 Å². The SMILES string of the molecule is COc1ccccc1OCC(=O)N[C@@H]1CCCc2[nH]c(=O)ccc21. The maximum atomic E-state index is 12.2. The minimum Gasteiger partial charge on any atom is -0.493 e. The smallest absolute Gasteiger partial charge is 0.258 e. The van der Waals surface area contributed by atoms with Crippen LogP contribution in [0.3, 0.4) is 0 Å². The second kappa shape index (κ2) is 7.21. The van der Waals surface area contributed by atoms with Gasteiger partial charge < -0.3 is 19.8 Å². The zero-order valence-electron chi connectivity index (χ0n) is 13.5. The van der Waals surface area contributed by atoms with Gasteiger partial charge in [-0.3, -0.25) is 9.59 Å². The molecular formula is C18H20N2O4. The number of aryl methyl sites for hydroxylation is 1. The van der Waals surface area contributed by atoms with E-state index in [1.54, 1.807) is 25.3 Å². The van der Waals surface area contributed by atoms with E-state index in [4.69, 9.17) is 9.47 Å². The summed E-state index contributed by atoms with van der Waals surface area (Å²) in [7, 11) is 1.56. The number of aromatic amines is 1. The third-order valence-corrected chi connectivity index (χ3v) is 4.09. The largest absolute Gasteiger partial charge is 0.493 e. The van der Waals surface area contributed by atoms with Gasteiger partial charge in [0.25, 0.3) is 5.91 Å². The van der Waals surface area contributed by atoms with Crippen LogP contribution < -0.4 is 20.3 Å². The van der Waals surface area contributed by atoms with Crippen molar-refractivity contribution in [2.75, 3.05) is 13.7 Å². The molecule has 3 rings (SSSR count). The van der Waals surface area contributed by atoms with Gasteiger partial charge in [0.15, 0.2) is 18.1 Å². The average molecular weight is 328 g/mol. The summed E-state index contributed by atoms with van der Waals surface area (Å²) in [5, 5.41) is 2.98. The lowest BCUT2D eigenvalue weighted by atomic mass is 9.91. The summed E-state index contributed by atoms with van der Waals surface area (Å²) in [6, 6.07) is 10.4. The van der Waals surface area contributed by atoms with Gasteiger partial charge in [-0.05, 0) is 43.0 Å². The van der Waals surface area contributed by atoms with Crippen molar-refractivity contribution in [3.05, 3.63) is 58.0 Å². The van der Waals surface area contributed by atoms with Gasteiger partial charge in [-0.1, -0.05) is 12.1 Å². The molecular weight excluding hydrogens is 308 g/mol. The molecule has 0 saturated heterocycles. The zero-order chi connectivity index (χ0) is 16.9. The molecule has 1 heterocycles. The number of amides is 1.